The summed E-state index contributed by atoms with van der Waals surface area (Å²) in [7, 11) is 0. The fraction of sp³-hybridized carbons (Fsp3) is 0.750. The molecule has 0 aromatic heterocycles. The zero-order valence-electron chi connectivity index (χ0n) is 17.1. The molecular weight excluding hydrogens is 366 g/mol. The van der Waals surface area contributed by atoms with Gasteiger partial charge in [0, 0.05) is 24.0 Å². The first-order chi connectivity index (χ1) is 14.1. The van der Waals surface area contributed by atoms with E-state index in [-0.39, 0.29) is 23.9 Å². The second kappa shape index (κ2) is 5.96. The van der Waals surface area contributed by atoms with Gasteiger partial charge in [0.15, 0.2) is 0 Å². The van der Waals surface area contributed by atoms with Gasteiger partial charge in [-0.15, -0.1) is 0 Å². The molecule has 6 aliphatic rings. The molecule has 2 N–H and O–H groups in total. The Labute approximate surface area is 171 Å². The summed E-state index contributed by atoms with van der Waals surface area (Å²) in [6.07, 6.45) is 13.2. The van der Waals surface area contributed by atoms with Crippen LogP contribution in [-0.2, 0) is 9.53 Å². The topological polar surface area (TPSA) is 79.1 Å². The van der Waals surface area contributed by atoms with Gasteiger partial charge in [-0.3, -0.25) is 0 Å². The van der Waals surface area contributed by atoms with Crippen LogP contribution in [0.15, 0.2) is 29.0 Å². The number of aliphatic hydroxyl groups is 1. The molecule has 0 bridgehead atoms. The molecule has 5 heteroatoms. The van der Waals surface area contributed by atoms with Gasteiger partial charge >= 0.3 is 5.97 Å². The summed E-state index contributed by atoms with van der Waals surface area (Å²) >= 11 is 0. The summed E-state index contributed by atoms with van der Waals surface area (Å²) in [5, 5.41) is 23.1. The maximum absolute atomic E-state index is 12.2. The fourth-order valence-corrected chi connectivity index (χ4v) is 9.02. The lowest BCUT2D eigenvalue weighted by Gasteiger charge is -2.59. The lowest BCUT2D eigenvalue weighted by Crippen LogP contribution is -2.58. The van der Waals surface area contributed by atoms with Crippen LogP contribution >= 0.6 is 0 Å². The number of carbonyl (C=O) groups excluding carboxylic acids is 1. The molecule has 0 radical (unpaired) electrons. The van der Waals surface area contributed by atoms with Crippen molar-refractivity contribution in [2.75, 3.05) is 6.61 Å². The Hall–Kier alpha value is -1.62. The van der Waals surface area contributed by atoms with E-state index in [1.807, 2.05) is 0 Å². The van der Waals surface area contributed by atoms with Crippen molar-refractivity contribution in [2.24, 2.45) is 52.0 Å². The van der Waals surface area contributed by atoms with Crippen molar-refractivity contribution in [1.29, 1.82) is 0 Å². The molecule has 5 nitrogen and oxygen atoms in total. The van der Waals surface area contributed by atoms with E-state index in [1.54, 1.807) is 6.08 Å². The highest BCUT2D eigenvalue weighted by Gasteiger charge is 2.79. The number of oxime groups is 1. The normalized spacial score (nSPS) is 53.2. The third kappa shape index (κ3) is 2.10. The van der Waals surface area contributed by atoms with Gasteiger partial charge in [0.25, 0.3) is 0 Å². The third-order valence-electron chi connectivity index (χ3n) is 9.93. The van der Waals surface area contributed by atoms with Crippen LogP contribution in [0.4, 0.5) is 0 Å². The molecule has 29 heavy (non-hydrogen) atoms. The van der Waals surface area contributed by atoms with Crippen molar-refractivity contribution >= 4 is 11.7 Å². The number of hydrogen-bond donors (Lipinski definition) is 2. The fourth-order valence-electron chi connectivity index (χ4n) is 9.02. The highest BCUT2D eigenvalue weighted by Crippen LogP contribution is 2.79. The van der Waals surface area contributed by atoms with Gasteiger partial charge in [-0.25, -0.2) is 4.79 Å². The van der Waals surface area contributed by atoms with Crippen LogP contribution < -0.4 is 0 Å². The standard InChI is InChI=1S/C24H31NO4/c1-2-23-7-5-17-16-4-3-15(25-28)10-13(16)9-14(12-26)21(17)22(23)18-11-19(18)24(23)8-6-20(27)29-24/h6,8,10,14,16-19,21-22,26,28H,2-5,7,9,11-12H2,1H3/b25-15+/t14-,16-,17?,18+,19-,21?,22?,23-,24-/m0/s1. The molecule has 6 rings (SSSR count). The van der Waals surface area contributed by atoms with Crippen LogP contribution in [0.2, 0.25) is 0 Å². The monoisotopic (exact) mass is 397 g/mol. The number of carbonyl (C=O) groups is 1. The minimum Gasteiger partial charge on any atom is -0.451 e. The van der Waals surface area contributed by atoms with Gasteiger partial charge in [0.2, 0.25) is 0 Å². The van der Waals surface area contributed by atoms with Gasteiger partial charge in [0.1, 0.15) is 5.60 Å². The van der Waals surface area contributed by atoms with E-state index in [9.17, 15) is 15.1 Å². The number of nitrogens with zero attached hydrogens (tertiary/aromatic N) is 1. The molecule has 156 valence electrons. The maximum Gasteiger partial charge on any atom is 0.331 e. The molecule has 0 aromatic carbocycles. The lowest BCUT2D eigenvalue weighted by molar-refractivity contribution is -0.175. The van der Waals surface area contributed by atoms with Gasteiger partial charge in [-0.1, -0.05) is 17.7 Å². The van der Waals surface area contributed by atoms with E-state index in [0.717, 1.165) is 44.2 Å². The van der Waals surface area contributed by atoms with Crippen molar-refractivity contribution in [1.82, 2.24) is 0 Å². The molecule has 3 unspecified atom stereocenters. The minimum atomic E-state index is -0.390. The second-order valence-corrected chi connectivity index (χ2v) is 10.5. The molecule has 1 spiro atoms. The second-order valence-electron chi connectivity index (χ2n) is 10.5. The number of allylic oxidation sites excluding steroid dienone is 2. The summed E-state index contributed by atoms with van der Waals surface area (Å²) < 4.78 is 6.14. The van der Waals surface area contributed by atoms with Crippen LogP contribution in [-0.4, -0.2) is 34.2 Å². The number of fused-ring (bicyclic) bond motifs is 9. The molecule has 5 aliphatic carbocycles. The molecule has 9 atom stereocenters. The molecule has 4 fully saturated rings. The summed E-state index contributed by atoms with van der Waals surface area (Å²) in [5.41, 5.74) is 1.82. The van der Waals surface area contributed by atoms with E-state index in [4.69, 9.17) is 4.74 Å². The molecular formula is C24H31NO4. The molecule has 0 aromatic rings. The summed E-state index contributed by atoms with van der Waals surface area (Å²) in [6.45, 7) is 2.50. The first-order valence-electron chi connectivity index (χ1n) is 11.5. The van der Waals surface area contributed by atoms with Gasteiger partial charge in [-0.05, 0) is 92.6 Å². The Morgan fingerprint density at radius 2 is 2.17 bits per heavy atom. The van der Waals surface area contributed by atoms with Gasteiger partial charge in [0.05, 0.1) is 5.71 Å². The minimum absolute atomic E-state index is 0.0332. The Morgan fingerprint density at radius 3 is 2.86 bits per heavy atom. The number of esters is 1. The van der Waals surface area contributed by atoms with E-state index < -0.39 is 5.60 Å². The van der Waals surface area contributed by atoms with Gasteiger partial charge < -0.3 is 15.1 Å². The van der Waals surface area contributed by atoms with Gasteiger partial charge in [-0.2, -0.15) is 0 Å². The maximum atomic E-state index is 12.2. The number of rotatable bonds is 2. The molecule has 4 saturated carbocycles. The summed E-state index contributed by atoms with van der Waals surface area (Å²) in [6, 6.07) is 0. The average Bonchev–Trinajstić information content (AvgIpc) is 3.40. The van der Waals surface area contributed by atoms with E-state index in [0.29, 0.717) is 35.5 Å². The molecule has 1 aliphatic heterocycles. The Bertz CT molecular complexity index is 846. The SMILES string of the molecule is CC[C@]12CCC3C(C1[C@@H]1C[C@@H]1[C@@]21C=CC(=O)O1)[C@H](CO)CC1=C/C(=N/O)CC[C@@H]13. The first kappa shape index (κ1) is 18.2. The van der Waals surface area contributed by atoms with E-state index in [2.05, 4.69) is 24.2 Å². The zero-order valence-corrected chi connectivity index (χ0v) is 17.1. The molecule has 0 amide bonds. The van der Waals surface area contributed by atoms with Crippen molar-refractivity contribution in [3.63, 3.8) is 0 Å². The van der Waals surface area contributed by atoms with Crippen molar-refractivity contribution in [3.05, 3.63) is 23.8 Å². The number of ether oxygens (including phenoxy) is 1. The van der Waals surface area contributed by atoms with Crippen LogP contribution in [0, 0.1) is 46.8 Å². The van der Waals surface area contributed by atoms with E-state index >= 15 is 0 Å². The number of aliphatic hydroxyl groups excluding tert-OH is 1. The van der Waals surface area contributed by atoms with Crippen LogP contribution in [0.1, 0.15) is 51.9 Å². The molecule has 0 saturated heterocycles. The predicted molar refractivity (Wildman–Crippen MR) is 107 cm³/mol. The zero-order chi connectivity index (χ0) is 20.0. The van der Waals surface area contributed by atoms with Crippen LogP contribution in [0.3, 0.4) is 0 Å². The Morgan fingerprint density at radius 1 is 1.31 bits per heavy atom. The van der Waals surface area contributed by atoms with Crippen molar-refractivity contribution < 1.29 is 19.8 Å². The summed E-state index contributed by atoms with van der Waals surface area (Å²) in [5.74, 6) is 3.40. The predicted octanol–water partition coefficient (Wildman–Crippen LogP) is 3.71. The van der Waals surface area contributed by atoms with E-state index in [1.165, 1.54) is 12.0 Å². The summed E-state index contributed by atoms with van der Waals surface area (Å²) in [4.78, 5) is 12.2. The highest BCUT2D eigenvalue weighted by molar-refractivity contribution is 5.96. The Balaban J connectivity index is 1.42. The lowest BCUT2D eigenvalue weighted by atomic mass is 9.46. The van der Waals surface area contributed by atoms with Crippen LogP contribution in [0.25, 0.3) is 0 Å². The average molecular weight is 398 g/mol. The third-order valence-corrected chi connectivity index (χ3v) is 9.93. The largest absolute Gasteiger partial charge is 0.451 e. The van der Waals surface area contributed by atoms with Crippen molar-refractivity contribution in [3.8, 4) is 0 Å². The smallest absolute Gasteiger partial charge is 0.331 e. The Kier molecular flexibility index (Phi) is 3.74. The molecule has 1 heterocycles. The number of hydrogen-bond acceptors (Lipinski definition) is 5. The highest BCUT2D eigenvalue weighted by atomic mass is 16.6. The quantitative estimate of drug-likeness (QED) is 0.423. The van der Waals surface area contributed by atoms with Crippen molar-refractivity contribution in [2.45, 2.75) is 57.5 Å². The van der Waals surface area contributed by atoms with Crippen LogP contribution in [0.5, 0.6) is 0 Å². The first-order valence-corrected chi connectivity index (χ1v) is 11.5.